The fraction of sp³-hybridized carbons (Fsp3) is 0.500. The van der Waals surface area contributed by atoms with Gasteiger partial charge in [-0.2, -0.15) is 0 Å². The molecule has 1 heterocycles. The summed E-state index contributed by atoms with van der Waals surface area (Å²) in [7, 11) is 0. The van der Waals surface area contributed by atoms with Gasteiger partial charge in [0.25, 0.3) is 5.91 Å². The molecule has 0 unspecified atom stereocenters. The fourth-order valence-corrected chi connectivity index (χ4v) is 3.63. The van der Waals surface area contributed by atoms with E-state index in [1.807, 2.05) is 0 Å². The maximum absolute atomic E-state index is 11.5. The van der Waals surface area contributed by atoms with E-state index >= 15 is 0 Å². The molecular formula is C16H20N4O5. The van der Waals surface area contributed by atoms with Crippen molar-refractivity contribution >= 4 is 17.9 Å². The number of rotatable bonds is 6. The number of hydrogen-bond donors (Lipinski definition) is 4. The third-order valence-electron chi connectivity index (χ3n) is 4.73. The van der Waals surface area contributed by atoms with Crippen LogP contribution in [0, 0.1) is 5.41 Å². The van der Waals surface area contributed by atoms with Gasteiger partial charge in [0.2, 0.25) is 5.88 Å². The van der Waals surface area contributed by atoms with Gasteiger partial charge in [-0.15, -0.1) is 0 Å². The molecule has 1 aromatic heterocycles. The Morgan fingerprint density at radius 3 is 2.68 bits per heavy atom. The van der Waals surface area contributed by atoms with Crippen LogP contribution in [0.5, 0.6) is 5.88 Å². The number of nitrogens with zero attached hydrogens (tertiary/aromatic N) is 1. The van der Waals surface area contributed by atoms with Crippen LogP contribution in [0.15, 0.2) is 18.3 Å². The number of pyridine rings is 1. The summed E-state index contributed by atoms with van der Waals surface area (Å²) in [5, 5.41) is 13.5. The largest absolute Gasteiger partial charge is 0.480 e. The third-order valence-corrected chi connectivity index (χ3v) is 4.73. The number of carboxylic acid groups (broad SMARTS) is 1. The molecule has 9 heteroatoms. The molecule has 25 heavy (non-hydrogen) atoms. The summed E-state index contributed by atoms with van der Waals surface area (Å²) < 4.78 is 5.78. The zero-order valence-electron chi connectivity index (χ0n) is 13.5. The Morgan fingerprint density at radius 2 is 2.04 bits per heavy atom. The summed E-state index contributed by atoms with van der Waals surface area (Å²) in [6, 6.07) is 2.80. The van der Waals surface area contributed by atoms with E-state index in [2.05, 4.69) is 15.6 Å². The first-order chi connectivity index (χ1) is 11.9. The van der Waals surface area contributed by atoms with Crippen LogP contribution >= 0.6 is 0 Å². The predicted molar refractivity (Wildman–Crippen MR) is 86.0 cm³/mol. The number of carbonyl (C=O) groups excluding carboxylic acids is 2. The molecule has 2 aliphatic carbocycles. The number of primary amides is 1. The Labute approximate surface area is 143 Å². The minimum Gasteiger partial charge on any atom is -0.480 e. The molecule has 1 aromatic rings. The number of ether oxygens (including phenoxy) is 1. The molecule has 2 aliphatic rings. The number of amides is 3. The smallest absolute Gasteiger partial charge is 0.323 e. The lowest BCUT2D eigenvalue weighted by Gasteiger charge is -2.57. The first-order valence-corrected chi connectivity index (χ1v) is 8.04. The van der Waals surface area contributed by atoms with E-state index in [-0.39, 0.29) is 29.0 Å². The van der Waals surface area contributed by atoms with E-state index < -0.39 is 24.5 Å². The monoisotopic (exact) mass is 348 g/mol. The average Bonchev–Trinajstić information content (AvgIpc) is 2.49. The Morgan fingerprint density at radius 1 is 1.32 bits per heavy atom. The molecule has 3 rings (SSSR count). The van der Waals surface area contributed by atoms with E-state index in [0.717, 1.165) is 25.7 Å². The van der Waals surface area contributed by atoms with Crippen molar-refractivity contribution < 1.29 is 24.2 Å². The lowest BCUT2D eigenvalue weighted by molar-refractivity contribution is -0.135. The van der Waals surface area contributed by atoms with Crippen LogP contribution in [-0.2, 0) is 4.79 Å². The summed E-state index contributed by atoms with van der Waals surface area (Å²) in [6.07, 6.45) is 4.86. The number of nitrogens with one attached hydrogen (secondary N) is 2. The second kappa shape index (κ2) is 6.58. The van der Waals surface area contributed by atoms with Gasteiger partial charge in [0, 0.05) is 12.2 Å². The molecule has 0 radical (unpaired) electrons. The molecular weight excluding hydrogens is 328 g/mol. The number of aliphatic carboxylic acids is 1. The van der Waals surface area contributed by atoms with Crippen LogP contribution < -0.4 is 21.1 Å². The van der Waals surface area contributed by atoms with Crippen molar-refractivity contribution in [3.8, 4) is 5.88 Å². The van der Waals surface area contributed by atoms with Gasteiger partial charge in [0.15, 0.2) is 0 Å². The summed E-state index contributed by atoms with van der Waals surface area (Å²) in [4.78, 5) is 37.3. The van der Waals surface area contributed by atoms with Gasteiger partial charge in [-0.05, 0) is 43.2 Å². The highest BCUT2D eigenvalue weighted by molar-refractivity contribution is 5.94. The molecule has 0 bridgehead atoms. The van der Waals surface area contributed by atoms with Crippen molar-refractivity contribution in [3.63, 3.8) is 0 Å². The summed E-state index contributed by atoms with van der Waals surface area (Å²) in [6.45, 7) is -0.397. The van der Waals surface area contributed by atoms with Gasteiger partial charge >= 0.3 is 12.0 Å². The maximum Gasteiger partial charge on any atom is 0.323 e. The van der Waals surface area contributed by atoms with Gasteiger partial charge in [0.1, 0.15) is 18.2 Å². The number of nitrogens with two attached hydrogens (primary N) is 1. The topological polar surface area (TPSA) is 144 Å². The van der Waals surface area contributed by atoms with E-state index in [9.17, 15) is 14.4 Å². The summed E-state index contributed by atoms with van der Waals surface area (Å²) in [5.41, 5.74) is 5.73. The predicted octanol–water partition coefficient (Wildman–Crippen LogP) is 0.254. The van der Waals surface area contributed by atoms with Crippen molar-refractivity contribution in [2.75, 3.05) is 6.54 Å². The first kappa shape index (κ1) is 17.0. The van der Waals surface area contributed by atoms with Gasteiger partial charge in [-0.25, -0.2) is 9.78 Å². The highest BCUT2D eigenvalue weighted by atomic mass is 16.5. The molecule has 0 saturated heterocycles. The van der Waals surface area contributed by atoms with E-state index in [1.165, 1.54) is 0 Å². The second-order valence-electron chi connectivity index (χ2n) is 6.69. The first-order valence-electron chi connectivity index (χ1n) is 8.04. The van der Waals surface area contributed by atoms with Crippen LogP contribution in [0.2, 0.25) is 0 Å². The Hall–Kier alpha value is -2.84. The molecule has 2 saturated carbocycles. The number of carbonyl (C=O) groups is 3. The highest BCUT2D eigenvalue weighted by Crippen LogP contribution is 2.56. The molecule has 0 aliphatic heterocycles. The molecule has 1 spiro atoms. The minimum atomic E-state index is -1.08. The molecule has 0 atom stereocenters. The minimum absolute atomic E-state index is 0.0187. The number of urea groups is 1. The Kier molecular flexibility index (Phi) is 4.47. The van der Waals surface area contributed by atoms with Crippen LogP contribution in [0.1, 0.15) is 36.0 Å². The molecule has 9 nitrogen and oxygen atoms in total. The zero-order chi connectivity index (χ0) is 18.0. The molecule has 5 N–H and O–H groups in total. The van der Waals surface area contributed by atoms with Crippen molar-refractivity contribution in [3.05, 3.63) is 23.9 Å². The third kappa shape index (κ3) is 3.81. The standard InChI is InChI=1S/C16H20N4O5/c17-13(23)11-2-1-3-18-14(11)25-10-6-16(7-10)4-9(5-16)20-15(24)19-8-12(21)22/h1-3,9-10H,4-8H2,(H2,17,23)(H,21,22)(H2,19,20,24). The SMILES string of the molecule is NC(=O)c1cccnc1OC1CC2(CC(NC(=O)NCC(=O)O)C2)C1. The fourth-order valence-electron chi connectivity index (χ4n) is 3.63. The number of carboxylic acids is 1. The summed E-state index contributed by atoms with van der Waals surface area (Å²) in [5.74, 6) is -1.39. The summed E-state index contributed by atoms with van der Waals surface area (Å²) >= 11 is 0. The van der Waals surface area contributed by atoms with Crippen LogP contribution in [0.4, 0.5) is 4.79 Å². The number of hydrogen-bond acceptors (Lipinski definition) is 5. The quantitative estimate of drug-likeness (QED) is 0.580. The van der Waals surface area contributed by atoms with Gasteiger partial charge in [-0.1, -0.05) is 0 Å². The molecule has 3 amide bonds. The van der Waals surface area contributed by atoms with Crippen LogP contribution in [0.25, 0.3) is 0 Å². The van der Waals surface area contributed by atoms with Crippen molar-refractivity contribution in [2.45, 2.75) is 37.8 Å². The van der Waals surface area contributed by atoms with Crippen LogP contribution in [0.3, 0.4) is 0 Å². The maximum atomic E-state index is 11.5. The van der Waals surface area contributed by atoms with E-state index in [4.69, 9.17) is 15.6 Å². The van der Waals surface area contributed by atoms with E-state index in [0.29, 0.717) is 0 Å². The van der Waals surface area contributed by atoms with Gasteiger partial charge in [0.05, 0.1) is 0 Å². The lowest BCUT2D eigenvalue weighted by atomic mass is 9.53. The van der Waals surface area contributed by atoms with Crippen molar-refractivity contribution in [1.82, 2.24) is 15.6 Å². The van der Waals surface area contributed by atoms with Gasteiger partial charge in [-0.3, -0.25) is 9.59 Å². The molecule has 0 aromatic carbocycles. The average molecular weight is 348 g/mol. The second-order valence-corrected chi connectivity index (χ2v) is 6.69. The Bertz CT molecular complexity index is 694. The molecule has 2 fully saturated rings. The van der Waals surface area contributed by atoms with Crippen LogP contribution in [-0.4, -0.2) is 46.7 Å². The highest BCUT2D eigenvalue weighted by Gasteiger charge is 2.54. The van der Waals surface area contributed by atoms with Crippen molar-refractivity contribution in [2.24, 2.45) is 11.1 Å². The number of aromatic nitrogens is 1. The normalized spacial score (nSPS) is 26.9. The Balaban J connectivity index is 1.42. The zero-order valence-corrected chi connectivity index (χ0v) is 13.5. The molecule has 134 valence electrons. The van der Waals surface area contributed by atoms with E-state index in [1.54, 1.807) is 18.3 Å². The van der Waals surface area contributed by atoms with Gasteiger partial charge < -0.3 is 26.2 Å². The lowest BCUT2D eigenvalue weighted by Crippen LogP contribution is -2.60. The van der Waals surface area contributed by atoms with Crippen molar-refractivity contribution in [1.29, 1.82) is 0 Å².